The lowest BCUT2D eigenvalue weighted by atomic mass is 9.99. The fourth-order valence-corrected chi connectivity index (χ4v) is 2.01. The first-order valence-corrected chi connectivity index (χ1v) is 6.52. The van der Waals surface area contributed by atoms with Gasteiger partial charge < -0.3 is 19.9 Å². The Morgan fingerprint density at radius 1 is 1.37 bits per heavy atom. The molecule has 0 bridgehead atoms. The maximum absolute atomic E-state index is 11.8. The standard InChI is InChI=1S/C14H19NO4/c1-2-17-14(16)11(9-15)10-4-5-12-13(8-10)19-7-3-6-18-12/h4-5,8,11H,2-3,6-7,9,15H2,1H3. The van der Waals surface area contributed by atoms with Crippen molar-refractivity contribution in [1.29, 1.82) is 0 Å². The molecule has 0 aromatic heterocycles. The minimum Gasteiger partial charge on any atom is -0.490 e. The molecule has 1 aliphatic heterocycles. The second kappa shape index (κ2) is 6.43. The molecular weight excluding hydrogens is 246 g/mol. The summed E-state index contributed by atoms with van der Waals surface area (Å²) in [5, 5.41) is 0. The van der Waals surface area contributed by atoms with E-state index in [1.165, 1.54) is 0 Å². The number of carbonyl (C=O) groups excluding carboxylic acids is 1. The highest BCUT2D eigenvalue weighted by molar-refractivity contribution is 5.78. The fourth-order valence-electron chi connectivity index (χ4n) is 2.01. The molecule has 1 heterocycles. The van der Waals surface area contributed by atoms with E-state index in [1.807, 2.05) is 18.2 Å². The van der Waals surface area contributed by atoms with Crippen LogP contribution in [-0.4, -0.2) is 32.3 Å². The van der Waals surface area contributed by atoms with Crippen LogP contribution >= 0.6 is 0 Å². The zero-order chi connectivity index (χ0) is 13.7. The molecule has 0 aliphatic carbocycles. The second-order valence-corrected chi connectivity index (χ2v) is 4.30. The minimum atomic E-state index is -0.461. The number of esters is 1. The maximum Gasteiger partial charge on any atom is 0.314 e. The highest BCUT2D eigenvalue weighted by Crippen LogP contribution is 2.32. The van der Waals surface area contributed by atoms with E-state index in [4.69, 9.17) is 19.9 Å². The zero-order valence-electron chi connectivity index (χ0n) is 11.1. The Hall–Kier alpha value is -1.75. The first-order chi connectivity index (χ1) is 9.26. The second-order valence-electron chi connectivity index (χ2n) is 4.30. The van der Waals surface area contributed by atoms with Crippen molar-refractivity contribution in [1.82, 2.24) is 0 Å². The number of carbonyl (C=O) groups is 1. The van der Waals surface area contributed by atoms with Gasteiger partial charge in [-0.3, -0.25) is 4.79 Å². The third-order valence-corrected chi connectivity index (χ3v) is 2.98. The Kier molecular flexibility index (Phi) is 4.63. The topological polar surface area (TPSA) is 70.8 Å². The SMILES string of the molecule is CCOC(=O)C(CN)c1ccc2c(c1)OCCCO2. The molecule has 0 amide bonds. The molecule has 1 aromatic carbocycles. The zero-order valence-corrected chi connectivity index (χ0v) is 11.1. The minimum absolute atomic E-state index is 0.207. The average molecular weight is 265 g/mol. The van der Waals surface area contributed by atoms with Crippen LogP contribution in [0.3, 0.4) is 0 Å². The first kappa shape index (κ1) is 13.7. The third kappa shape index (κ3) is 3.17. The van der Waals surface area contributed by atoms with Gasteiger partial charge in [0, 0.05) is 13.0 Å². The number of fused-ring (bicyclic) bond motifs is 1. The molecule has 5 heteroatoms. The molecule has 19 heavy (non-hydrogen) atoms. The van der Waals surface area contributed by atoms with E-state index >= 15 is 0 Å². The van der Waals surface area contributed by atoms with Crippen LogP contribution in [0, 0.1) is 0 Å². The van der Waals surface area contributed by atoms with E-state index in [1.54, 1.807) is 6.92 Å². The van der Waals surface area contributed by atoms with Gasteiger partial charge in [-0.05, 0) is 24.6 Å². The van der Waals surface area contributed by atoms with Crippen molar-refractivity contribution < 1.29 is 19.0 Å². The number of nitrogens with two attached hydrogens (primary N) is 1. The van der Waals surface area contributed by atoms with Crippen LogP contribution in [0.2, 0.25) is 0 Å². The van der Waals surface area contributed by atoms with Gasteiger partial charge >= 0.3 is 5.97 Å². The maximum atomic E-state index is 11.8. The Morgan fingerprint density at radius 3 is 2.79 bits per heavy atom. The molecule has 104 valence electrons. The van der Waals surface area contributed by atoms with Gasteiger partial charge in [-0.2, -0.15) is 0 Å². The Morgan fingerprint density at radius 2 is 2.11 bits per heavy atom. The molecule has 1 atom stereocenters. The lowest BCUT2D eigenvalue weighted by Crippen LogP contribution is -2.23. The largest absolute Gasteiger partial charge is 0.490 e. The Bertz CT molecular complexity index is 447. The summed E-state index contributed by atoms with van der Waals surface area (Å²) in [5.74, 6) is 0.607. The van der Waals surface area contributed by atoms with Gasteiger partial charge in [-0.25, -0.2) is 0 Å². The van der Waals surface area contributed by atoms with Crippen molar-refractivity contribution in [2.45, 2.75) is 19.3 Å². The normalized spacial score (nSPS) is 15.5. The number of rotatable bonds is 4. The molecule has 1 aliphatic rings. The molecule has 1 aromatic rings. The Labute approximate surface area is 112 Å². The van der Waals surface area contributed by atoms with Crippen molar-refractivity contribution >= 4 is 5.97 Å². The van der Waals surface area contributed by atoms with Gasteiger partial charge in [0.05, 0.1) is 25.7 Å². The highest BCUT2D eigenvalue weighted by Gasteiger charge is 2.22. The van der Waals surface area contributed by atoms with Gasteiger partial charge in [0.1, 0.15) is 0 Å². The molecule has 0 saturated carbocycles. The summed E-state index contributed by atoms with van der Waals surface area (Å²) in [6.07, 6.45) is 0.849. The molecule has 1 unspecified atom stereocenters. The average Bonchev–Trinajstić information content (AvgIpc) is 2.64. The van der Waals surface area contributed by atoms with Gasteiger partial charge in [-0.1, -0.05) is 6.07 Å². The number of hydrogen-bond donors (Lipinski definition) is 1. The predicted octanol–water partition coefficient (Wildman–Crippen LogP) is 1.45. The molecule has 5 nitrogen and oxygen atoms in total. The summed E-state index contributed by atoms with van der Waals surface area (Å²) < 4.78 is 16.2. The van der Waals surface area contributed by atoms with Crippen LogP contribution in [-0.2, 0) is 9.53 Å². The van der Waals surface area contributed by atoms with Crippen LogP contribution in [0.1, 0.15) is 24.8 Å². The van der Waals surface area contributed by atoms with Gasteiger partial charge in [0.2, 0.25) is 0 Å². The fraction of sp³-hybridized carbons (Fsp3) is 0.500. The summed E-state index contributed by atoms with van der Waals surface area (Å²) in [4.78, 5) is 11.8. The molecule has 2 rings (SSSR count). The van der Waals surface area contributed by atoms with Gasteiger partial charge in [0.15, 0.2) is 11.5 Å². The first-order valence-electron chi connectivity index (χ1n) is 6.52. The molecule has 0 fully saturated rings. The highest BCUT2D eigenvalue weighted by atomic mass is 16.5. The molecule has 0 radical (unpaired) electrons. The van der Waals surface area contributed by atoms with Crippen molar-refractivity contribution in [3.05, 3.63) is 23.8 Å². The van der Waals surface area contributed by atoms with Crippen LogP contribution < -0.4 is 15.2 Å². The lowest BCUT2D eigenvalue weighted by molar-refractivity contribution is -0.144. The van der Waals surface area contributed by atoms with Crippen LogP contribution in [0.4, 0.5) is 0 Å². The monoisotopic (exact) mass is 265 g/mol. The van der Waals surface area contributed by atoms with E-state index in [0.29, 0.717) is 31.3 Å². The van der Waals surface area contributed by atoms with Crippen molar-refractivity contribution in [2.24, 2.45) is 5.73 Å². The van der Waals surface area contributed by atoms with Crippen molar-refractivity contribution in [3.8, 4) is 11.5 Å². The summed E-state index contributed by atoms with van der Waals surface area (Å²) in [6, 6.07) is 5.47. The smallest absolute Gasteiger partial charge is 0.314 e. The van der Waals surface area contributed by atoms with E-state index in [2.05, 4.69) is 0 Å². The summed E-state index contributed by atoms with van der Waals surface area (Å²) in [5.41, 5.74) is 6.47. The predicted molar refractivity (Wildman–Crippen MR) is 70.5 cm³/mol. The number of benzene rings is 1. The third-order valence-electron chi connectivity index (χ3n) is 2.98. The van der Waals surface area contributed by atoms with E-state index in [9.17, 15) is 4.79 Å². The van der Waals surface area contributed by atoms with E-state index < -0.39 is 5.92 Å². The molecule has 0 spiro atoms. The van der Waals surface area contributed by atoms with Crippen LogP contribution in [0.5, 0.6) is 11.5 Å². The van der Waals surface area contributed by atoms with E-state index in [0.717, 1.165) is 12.0 Å². The number of ether oxygens (including phenoxy) is 3. The number of hydrogen-bond acceptors (Lipinski definition) is 5. The van der Waals surface area contributed by atoms with E-state index in [-0.39, 0.29) is 12.5 Å². The summed E-state index contributed by atoms with van der Waals surface area (Å²) in [6.45, 7) is 3.59. The van der Waals surface area contributed by atoms with Crippen LogP contribution in [0.25, 0.3) is 0 Å². The summed E-state index contributed by atoms with van der Waals surface area (Å²) in [7, 11) is 0. The van der Waals surface area contributed by atoms with Gasteiger partial charge in [-0.15, -0.1) is 0 Å². The quantitative estimate of drug-likeness (QED) is 0.834. The Balaban J connectivity index is 2.24. The lowest BCUT2D eigenvalue weighted by Gasteiger charge is -2.16. The molecular formula is C14H19NO4. The van der Waals surface area contributed by atoms with Crippen molar-refractivity contribution in [3.63, 3.8) is 0 Å². The van der Waals surface area contributed by atoms with Crippen molar-refractivity contribution in [2.75, 3.05) is 26.4 Å². The summed E-state index contributed by atoms with van der Waals surface area (Å²) >= 11 is 0. The molecule has 2 N–H and O–H groups in total. The van der Waals surface area contributed by atoms with Crippen LogP contribution in [0.15, 0.2) is 18.2 Å². The van der Waals surface area contributed by atoms with Gasteiger partial charge in [0.25, 0.3) is 0 Å². The molecule has 0 saturated heterocycles.